The Balaban J connectivity index is 1.74. The number of aliphatic hydroxyl groups is 3. The molecule has 5 nitrogen and oxygen atoms in total. The van der Waals surface area contributed by atoms with Gasteiger partial charge in [-0.3, -0.25) is 9.59 Å². The summed E-state index contributed by atoms with van der Waals surface area (Å²) < 4.78 is 0. The number of hydrogen-bond acceptors (Lipinski definition) is 5. The molecule has 3 saturated carbocycles. The van der Waals surface area contributed by atoms with E-state index in [1.165, 1.54) is 5.57 Å². The average Bonchev–Trinajstić information content (AvgIpc) is 2.86. The van der Waals surface area contributed by atoms with Gasteiger partial charge in [-0.2, -0.15) is 0 Å². The molecule has 0 heterocycles. The zero-order valence-corrected chi connectivity index (χ0v) is 15.7. The predicted octanol–water partition coefficient (Wildman–Crippen LogP) is 1.78. The van der Waals surface area contributed by atoms with Crippen molar-refractivity contribution in [2.45, 2.75) is 70.5 Å². The Morgan fingerprint density at radius 2 is 1.96 bits per heavy atom. The summed E-state index contributed by atoms with van der Waals surface area (Å²) in [6.07, 6.45) is 5.74. The molecule has 144 valence electrons. The third-order valence-corrected chi connectivity index (χ3v) is 8.65. The number of Topliss-reactive ketones (excluding diaryl/α,β-unsaturated/α-hetero) is 1. The summed E-state index contributed by atoms with van der Waals surface area (Å²) >= 11 is 0. The molecule has 0 spiro atoms. The number of carbonyl (C=O) groups is 2. The van der Waals surface area contributed by atoms with Crippen molar-refractivity contribution < 1.29 is 24.9 Å². The summed E-state index contributed by atoms with van der Waals surface area (Å²) in [6.45, 7) is 3.46. The van der Waals surface area contributed by atoms with Crippen LogP contribution in [0, 0.1) is 28.6 Å². The largest absolute Gasteiger partial charge is 0.393 e. The van der Waals surface area contributed by atoms with Gasteiger partial charge >= 0.3 is 0 Å². The van der Waals surface area contributed by atoms with Gasteiger partial charge in [-0.1, -0.05) is 19.4 Å². The summed E-state index contributed by atoms with van der Waals surface area (Å²) in [5, 5.41) is 31.7. The van der Waals surface area contributed by atoms with Crippen LogP contribution in [0.4, 0.5) is 0 Å². The summed E-state index contributed by atoms with van der Waals surface area (Å²) in [7, 11) is 0. The summed E-state index contributed by atoms with van der Waals surface area (Å²) in [5.74, 6) is 0.140. The molecule has 0 aromatic rings. The van der Waals surface area contributed by atoms with Gasteiger partial charge in [0.1, 0.15) is 12.2 Å². The average molecular weight is 362 g/mol. The first-order chi connectivity index (χ1) is 12.2. The van der Waals surface area contributed by atoms with Crippen molar-refractivity contribution in [2.24, 2.45) is 28.6 Å². The Kier molecular flexibility index (Phi) is 4.04. The zero-order chi connectivity index (χ0) is 18.9. The van der Waals surface area contributed by atoms with Crippen molar-refractivity contribution in [1.82, 2.24) is 0 Å². The first kappa shape index (κ1) is 18.3. The van der Waals surface area contributed by atoms with Crippen LogP contribution in [0.2, 0.25) is 0 Å². The monoisotopic (exact) mass is 362 g/mol. The van der Waals surface area contributed by atoms with Crippen LogP contribution in [0.5, 0.6) is 0 Å². The van der Waals surface area contributed by atoms with Crippen molar-refractivity contribution in [3.8, 4) is 0 Å². The molecular weight excluding hydrogens is 332 g/mol. The lowest BCUT2D eigenvalue weighted by Crippen LogP contribution is -2.62. The third kappa shape index (κ3) is 2.14. The molecule has 4 aliphatic carbocycles. The highest BCUT2D eigenvalue weighted by Gasteiger charge is 2.68. The lowest BCUT2D eigenvalue weighted by atomic mass is 9.45. The van der Waals surface area contributed by atoms with E-state index in [4.69, 9.17) is 0 Å². The molecule has 4 rings (SSSR count). The number of rotatable bonds is 2. The quantitative estimate of drug-likeness (QED) is 0.696. The molecule has 4 unspecified atom stereocenters. The van der Waals surface area contributed by atoms with Gasteiger partial charge in [-0.05, 0) is 67.8 Å². The number of hydrogen-bond donors (Lipinski definition) is 3. The fourth-order valence-corrected chi connectivity index (χ4v) is 7.28. The smallest absolute Gasteiger partial charge is 0.190 e. The second-order valence-corrected chi connectivity index (χ2v) is 9.56. The maximum atomic E-state index is 12.4. The first-order valence-electron chi connectivity index (χ1n) is 9.96. The van der Waals surface area contributed by atoms with Crippen molar-refractivity contribution in [3.63, 3.8) is 0 Å². The zero-order valence-electron chi connectivity index (χ0n) is 15.7. The van der Waals surface area contributed by atoms with Crippen LogP contribution in [0.25, 0.3) is 0 Å². The van der Waals surface area contributed by atoms with Gasteiger partial charge in [-0.15, -0.1) is 0 Å². The van der Waals surface area contributed by atoms with Gasteiger partial charge in [0.2, 0.25) is 0 Å². The molecular formula is C21H30O5. The summed E-state index contributed by atoms with van der Waals surface area (Å²) in [5.41, 5.74) is -1.23. The van der Waals surface area contributed by atoms with E-state index in [1.807, 2.05) is 6.92 Å². The molecule has 0 amide bonds. The second-order valence-electron chi connectivity index (χ2n) is 9.56. The molecule has 3 fully saturated rings. The number of aliphatic hydroxyl groups excluding tert-OH is 2. The van der Waals surface area contributed by atoms with Crippen molar-refractivity contribution in [2.75, 3.05) is 6.61 Å². The molecule has 0 aliphatic heterocycles. The Hall–Kier alpha value is -1.04. The SMILES string of the molecule is C[C@]12CCC(=O)C=C1CCC1C2[C@@H](O)C[C@@]2(C)C1CCC2(O)C(=O)CO. The van der Waals surface area contributed by atoms with E-state index >= 15 is 0 Å². The van der Waals surface area contributed by atoms with Crippen molar-refractivity contribution in [3.05, 3.63) is 11.6 Å². The number of carbonyl (C=O) groups excluding carboxylic acids is 2. The fraction of sp³-hybridized carbons (Fsp3) is 0.810. The maximum absolute atomic E-state index is 12.4. The third-order valence-electron chi connectivity index (χ3n) is 8.65. The summed E-state index contributed by atoms with van der Waals surface area (Å²) in [4.78, 5) is 24.3. The standard InChI is InChI=1S/C21H30O5/c1-19-7-5-13(23)9-12(19)3-4-14-15-6-8-21(26,17(25)11-22)20(15,2)10-16(24)18(14)19/h9,14-16,18,22,24,26H,3-8,10-11H2,1-2H3/t14?,15?,16-,18?,19-,20-,21?/m0/s1. The number of ketones is 2. The molecule has 3 N–H and O–H groups in total. The Labute approximate surface area is 154 Å². The van der Waals surface area contributed by atoms with Crippen LogP contribution >= 0.6 is 0 Å². The minimum atomic E-state index is -1.54. The number of allylic oxidation sites excluding steroid dienone is 1. The Morgan fingerprint density at radius 3 is 2.65 bits per heavy atom. The molecule has 5 heteroatoms. The normalized spacial score (nSPS) is 50.5. The van der Waals surface area contributed by atoms with Gasteiger partial charge in [0.05, 0.1) is 6.10 Å². The number of fused-ring (bicyclic) bond motifs is 5. The molecule has 0 radical (unpaired) electrons. The van der Waals surface area contributed by atoms with E-state index in [-0.39, 0.29) is 29.0 Å². The Morgan fingerprint density at radius 1 is 1.23 bits per heavy atom. The van der Waals surface area contributed by atoms with Gasteiger partial charge < -0.3 is 15.3 Å². The molecule has 0 aromatic carbocycles. The van der Waals surface area contributed by atoms with Gasteiger partial charge in [0.15, 0.2) is 11.6 Å². The molecule has 7 atom stereocenters. The van der Waals surface area contributed by atoms with Gasteiger partial charge in [0.25, 0.3) is 0 Å². The van der Waals surface area contributed by atoms with E-state index in [1.54, 1.807) is 6.08 Å². The van der Waals surface area contributed by atoms with Crippen molar-refractivity contribution >= 4 is 11.6 Å². The highest BCUT2D eigenvalue weighted by molar-refractivity contribution is 5.91. The maximum Gasteiger partial charge on any atom is 0.190 e. The van der Waals surface area contributed by atoms with Crippen LogP contribution in [0.3, 0.4) is 0 Å². The molecule has 0 bridgehead atoms. The van der Waals surface area contributed by atoms with E-state index in [2.05, 4.69) is 6.92 Å². The minimum absolute atomic E-state index is 0.0697. The van der Waals surface area contributed by atoms with Gasteiger partial charge in [-0.25, -0.2) is 0 Å². The topological polar surface area (TPSA) is 94.8 Å². The Bertz CT molecular complexity index is 684. The van der Waals surface area contributed by atoms with E-state index < -0.39 is 29.5 Å². The van der Waals surface area contributed by atoms with E-state index in [0.29, 0.717) is 19.3 Å². The van der Waals surface area contributed by atoms with E-state index in [0.717, 1.165) is 25.7 Å². The van der Waals surface area contributed by atoms with Crippen LogP contribution in [-0.4, -0.2) is 45.2 Å². The van der Waals surface area contributed by atoms with Crippen LogP contribution in [0.15, 0.2) is 11.6 Å². The highest BCUT2D eigenvalue weighted by atomic mass is 16.3. The molecule has 0 saturated heterocycles. The first-order valence-corrected chi connectivity index (χ1v) is 9.96. The predicted molar refractivity (Wildman–Crippen MR) is 95.1 cm³/mol. The van der Waals surface area contributed by atoms with Crippen LogP contribution < -0.4 is 0 Å². The van der Waals surface area contributed by atoms with Crippen molar-refractivity contribution in [1.29, 1.82) is 0 Å². The fourth-order valence-electron chi connectivity index (χ4n) is 7.28. The lowest BCUT2D eigenvalue weighted by Gasteiger charge is -2.60. The van der Waals surface area contributed by atoms with Gasteiger partial charge in [0, 0.05) is 11.8 Å². The lowest BCUT2D eigenvalue weighted by molar-refractivity contribution is -0.182. The molecule has 26 heavy (non-hydrogen) atoms. The minimum Gasteiger partial charge on any atom is -0.393 e. The van der Waals surface area contributed by atoms with Crippen LogP contribution in [0.1, 0.15) is 58.8 Å². The molecule has 0 aromatic heterocycles. The highest BCUT2D eigenvalue weighted by Crippen LogP contribution is 2.67. The summed E-state index contributed by atoms with van der Waals surface area (Å²) in [6, 6.07) is 0. The van der Waals surface area contributed by atoms with E-state index in [9.17, 15) is 24.9 Å². The second kappa shape index (κ2) is 5.73. The van der Waals surface area contributed by atoms with Crippen LogP contribution in [-0.2, 0) is 9.59 Å². The molecule has 4 aliphatic rings.